The van der Waals surface area contributed by atoms with E-state index in [1.165, 1.54) is 18.9 Å². The summed E-state index contributed by atoms with van der Waals surface area (Å²) >= 11 is 4.27. The fourth-order valence-corrected chi connectivity index (χ4v) is 3.92. The van der Waals surface area contributed by atoms with Gasteiger partial charge in [0, 0.05) is 0 Å². The standard InChI is InChI=1S/C12H17AsBrF3N2/c13-11-10(12(15,16)17)7-9(14)8-19(11)6-5-18-3-1-2-4-18/h7H,1-6,8,13H2. The molecule has 19 heavy (non-hydrogen) atoms. The molecule has 0 N–H and O–H groups in total. The van der Waals surface area contributed by atoms with E-state index in [9.17, 15) is 13.2 Å². The minimum atomic E-state index is -4.27. The Labute approximate surface area is 128 Å². The normalized spacial score (nSPS) is 22.2. The molecule has 0 aromatic heterocycles. The summed E-state index contributed by atoms with van der Waals surface area (Å²) in [6.45, 7) is 4.20. The molecule has 0 spiro atoms. The molecule has 2 aliphatic heterocycles. The van der Waals surface area contributed by atoms with Crippen LogP contribution in [0.4, 0.5) is 13.2 Å². The van der Waals surface area contributed by atoms with Crippen LogP contribution in [0.1, 0.15) is 12.8 Å². The summed E-state index contributed by atoms with van der Waals surface area (Å²) in [5.41, 5.74) is -0.507. The molecule has 2 aliphatic rings. The quantitative estimate of drug-likeness (QED) is 0.669. The Kier molecular flexibility index (Phi) is 5.07. The molecule has 1 saturated heterocycles. The number of likely N-dealkylation sites (tertiary alicyclic amines) is 1. The maximum atomic E-state index is 12.9. The molecule has 0 bridgehead atoms. The van der Waals surface area contributed by atoms with E-state index in [1.807, 2.05) is 4.90 Å². The minimum absolute atomic E-state index is 0.391. The Hall–Kier alpha value is 0.0684. The molecule has 0 saturated carbocycles. The predicted octanol–water partition coefficient (Wildman–Crippen LogP) is 2.08. The van der Waals surface area contributed by atoms with Gasteiger partial charge in [0.2, 0.25) is 0 Å². The van der Waals surface area contributed by atoms with E-state index in [1.54, 1.807) is 0 Å². The van der Waals surface area contributed by atoms with Crippen molar-refractivity contribution >= 4 is 32.8 Å². The van der Waals surface area contributed by atoms with Crippen LogP contribution in [0.5, 0.6) is 0 Å². The van der Waals surface area contributed by atoms with Crippen LogP contribution in [-0.2, 0) is 0 Å². The topological polar surface area (TPSA) is 6.48 Å². The van der Waals surface area contributed by atoms with Crippen LogP contribution in [0, 0.1) is 0 Å². The Bertz CT molecular complexity index is 400. The van der Waals surface area contributed by atoms with Gasteiger partial charge in [0.15, 0.2) is 0 Å². The van der Waals surface area contributed by atoms with Gasteiger partial charge in [-0.1, -0.05) is 0 Å². The van der Waals surface area contributed by atoms with Crippen LogP contribution < -0.4 is 0 Å². The number of nitrogens with zero attached hydrogens (tertiary/aromatic N) is 2. The van der Waals surface area contributed by atoms with E-state index in [-0.39, 0.29) is 0 Å². The van der Waals surface area contributed by atoms with Crippen LogP contribution in [0.2, 0.25) is 0 Å². The van der Waals surface area contributed by atoms with Crippen LogP contribution in [0.3, 0.4) is 0 Å². The molecule has 2 nitrogen and oxygen atoms in total. The molecule has 0 aliphatic carbocycles. The Balaban J connectivity index is 2.04. The van der Waals surface area contributed by atoms with Gasteiger partial charge in [0.1, 0.15) is 0 Å². The van der Waals surface area contributed by atoms with E-state index in [0.717, 1.165) is 36.5 Å². The molecule has 7 heteroatoms. The number of hydrogen-bond acceptors (Lipinski definition) is 2. The third kappa shape index (κ3) is 4.02. The first-order valence-corrected chi connectivity index (χ1v) is 8.28. The second kappa shape index (κ2) is 6.23. The van der Waals surface area contributed by atoms with Gasteiger partial charge >= 0.3 is 128 Å². The maximum absolute atomic E-state index is 12.9. The van der Waals surface area contributed by atoms with E-state index < -0.39 is 11.7 Å². The molecule has 2 heterocycles. The van der Waals surface area contributed by atoms with Crippen LogP contribution >= 0.6 is 15.9 Å². The van der Waals surface area contributed by atoms with Gasteiger partial charge in [-0.15, -0.1) is 0 Å². The molecular weight excluding hydrogens is 384 g/mol. The van der Waals surface area contributed by atoms with Crippen molar-refractivity contribution in [3.8, 4) is 0 Å². The third-order valence-corrected chi connectivity index (χ3v) is 5.35. The first-order chi connectivity index (χ1) is 8.88. The molecule has 1 unspecified atom stereocenters. The van der Waals surface area contributed by atoms with Gasteiger partial charge in [-0.25, -0.2) is 0 Å². The number of rotatable bonds is 3. The molecule has 2 rings (SSSR count). The summed E-state index contributed by atoms with van der Waals surface area (Å²) in [6.07, 6.45) is -0.646. The van der Waals surface area contributed by atoms with Gasteiger partial charge in [0.05, 0.1) is 0 Å². The summed E-state index contributed by atoms with van der Waals surface area (Å²) in [5, 5.41) is 0. The van der Waals surface area contributed by atoms with E-state index in [2.05, 4.69) is 20.8 Å². The summed E-state index contributed by atoms with van der Waals surface area (Å²) in [7, 11) is 0. The van der Waals surface area contributed by atoms with Crippen molar-refractivity contribution in [2.75, 3.05) is 32.7 Å². The van der Waals surface area contributed by atoms with Crippen LogP contribution in [0.25, 0.3) is 0 Å². The zero-order valence-electron chi connectivity index (χ0n) is 10.5. The van der Waals surface area contributed by atoms with Crippen LogP contribution in [0.15, 0.2) is 20.6 Å². The summed E-state index contributed by atoms with van der Waals surface area (Å²) in [5.74, 6) is 0. The fourth-order valence-electron chi connectivity index (χ4n) is 2.41. The van der Waals surface area contributed by atoms with Crippen molar-refractivity contribution in [3.63, 3.8) is 0 Å². The average molecular weight is 401 g/mol. The summed E-state index contributed by atoms with van der Waals surface area (Å²) < 4.78 is 39.8. The molecule has 0 aromatic carbocycles. The van der Waals surface area contributed by atoms with Crippen molar-refractivity contribution in [3.05, 3.63) is 20.6 Å². The van der Waals surface area contributed by atoms with Crippen molar-refractivity contribution in [1.82, 2.24) is 9.80 Å². The van der Waals surface area contributed by atoms with Crippen LogP contribution in [-0.4, -0.2) is 65.6 Å². The first-order valence-electron chi connectivity index (χ1n) is 6.28. The van der Waals surface area contributed by atoms with Gasteiger partial charge in [-0.2, -0.15) is 0 Å². The second-order valence-corrected chi connectivity index (χ2v) is 7.02. The summed E-state index contributed by atoms with van der Waals surface area (Å²) in [6, 6.07) is 0. The molecule has 0 radical (unpaired) electrons. The van der Waals surface area contributed by atoms with E-state index >= 15 is 0 Å². The second-order valence-electron chi connectivity index (χ2n) is 4.86. The third-order valence-electron chi connectivity index (χ3n) is 3.45. The monoisotopic (exact) mass is 400 g/mol. The zero-order chi connectivity index (χ0) is 14.0. The zero-order valence-corrected chi connectivity index (χ0v) is 14.5. The molecule has 108 valence electrons. The molecule has 0 aromatic rings. The van der Waals surface area contributed by atoms with Crippen molar-refractivity contribution in [2.45, 2.75) is 19.0 Å². The van der Waals surface area contributed by atoms with Gasteiger partial charge in [0.25, 0.3) is 0 Å². The van der Waals surface area contributed by atoms with Gasteiger partial charge in [-0.3, -0.25) is 0 Å². The fraction of sp³-hybridized carbons (Fsp3) is 0.667. The molecule has 1 fully saturated rings. The first kappa shape index (κ1) is 15.5. The van der Waals surface area contributed by atoms with Crippen molar-refractivity contribution < 1.29 is 13.2 Å². The van der Waals surface area contributed by atoms with Crippen molar-refractivity contribution in [2.24, 2.45) is 0 Å². The van der Waals surface area contributed by atoms with Gasteiger partial charge < -0.3 is 0 Å². The molecule has 0 amide bonds. The van der Waals surface area contributed by atoms with Crippen molar-refractivity contribution in [1.29, 1.82) is 0 Å². The Morgan fingerprint density at radius 2 is 1.84 bits per heavy atom. The van der Waals surface area contributed by atoms with E-state index in [0.29, 0.717) is 22.1 Å². The molecular formula is C12H17AsBrF3N2. The SMILES string of the molecule is FC(F)(F)C1=C([AsH2])N(CCN2CCCC2)CC(Br)=C1. The average Bonchev–Trinajstić information content (AvgIpc) is 2.81. The Morgan fingerprint density at radius 3 is 2.42 bits per heavy atom. The number of alkyl halides is 3. The van der Waals surface area contributed by atoms with Gasteiger partial charge in [-0.05, 0) is 0 Å². The number of halogens is 4. The number of hydrogen-bond donors (Lipinski definition) is 0. The molecule has 1 atom stereocenters. The van der Waals surface area contributed by atoms with E-state index in [4.69, 9.17) is 0 Å². The summed E-state index contributed by atoms with van der Waals surface area (Å²) in [4.78, 5) is 4.16. The predicted molar refractivity (Wildman–Crippen MR) is 75.9 cm³/mol. The Morgan fingerprint density at radius 1 is 1.21 bits per heavy atom. The number of allylic oxidation sites excluding steroid dienone is 2.